The zero-order valence-corrected chi connectivity index (χ0v) is 18.6. The Morgan fingerprint density at radius 2 is 1.27 bits per heavy atom. The molecule has 2 aromatic carbocycles. The van der Waals surface area contributed by atoms with Gasteiger partial charge in [0.15, 0.2) is 0 Å². The SMILES string of the molecule is CC(=O)Nc1ccc(OCCOCCOCCOCCN2C(=O)c3ccccc3C2=O)cc1. The summed E-state index contributed by atoms with van der Waals surface area (Å²) in [6, 6.07) is 13.9. The molecule has 0 aromatic heterocycles. The molecule has 0 bridgehead atoms. The van der Waals surface area contributed by atoms with Crippen molar-refractivity contribution in [2.75, 3.05) is 58.1 Å². The Morgan fingerprint density at radius 3 is 1.82 bits per heavy atom. The van der Waals surface area contributed by atoms with Crippen LogP contribution in [0.2, 0.25) is 0 Å². The summed E-state index contributed by atoms with van der Waals surface area (Å²) in [5.74, 6) is 0.0201. The van der Waals surface area contributed by atoms with Crippen molar-refractivity contribution in [3.63, 3.8) is 0 Å². The molecule has 1 aliphatic rings. The number of nitrogens with zero attached hydrogens (tertiary/aromatic N) is 1. The second-order valence-electron chi connectivity index (χ2n) is 7.20. The number of rotatable bonds is 14. The first-order valence-corrected chi connectivity index (χ1v) is 10.7. The third-order valence-electron chi connectivity index (χ3n) is 4.75. The Labute approximate surface area is 192 Å². The average Bonchev–Trinajstić information content (AvgIpc) is 3.05. The molecule has 3 amide bonds. The Kier molecular flexibility index (Phi) is 9.37. The summed E-state index contributed by atoms with van der Waals surface area (Å²) in [4.78, 5) is 36.7. The van der Waals surface area contributed by atoms with Gasteiger partial charge < -0.3 is 24.3 Å². The van der Waals surface area contributed by atoms with E-state index in [0.29, 0.717) is 56.5 Å². The maximum atomic E-state index is 12.2. The van der Waals surface area contributed by atoms with Crippen molar-refractivity contribution in [1.29, 1.82) is 0 Å². The zero-order valence-electron chi connectivity index (χ0n) is 18.6. The number of hydrogen-bond acceptors (Lipinski definition) is 7. The van der Waals surface area contributed by atoms with E-state index in [1.807, 2.05) is 0 Å². The van der Waals surface area contributed by atoms with Crippen LogP contribution >= 0.6 is 0 Å². The van der Waals surface area contributed by atoms with E-state index in [1.54, 1.807) is 48.5 Å². The maximum Gasteiger partial charge on any atom is 0.261 e. The van der Waals surface area contributed by atoms with Crippen molar-refractivity contribution in [1.82, 2.24) is 4.90 Å². The number of fused-ring (bicyclic) bond motifs is 1. The first kappa shape index (κ1) is 24.4. The lowest BCUT2D eigenvalue weighted by Crippen LogP contribution is -2.33. The lowest BCUT2D eigenvalue weighted by molar-refractivity contribution is -0.114. The number of amides is 3. The topological polar surface area (TPSA) is 103 Å². The van der Waals surface area contributed by atoms with Gasteiger partial charge in [-0.1, -0.05) is 12.1 Å². The van der Waals surface area contributed by atoms with Crippen LogP contribution in [0.5, 0.6) is 5.75 Å². The fourth-order valence-corrected chi connectivity index (χ4v) is 3.20. The third-order valence-corrected chi connectivity index (χ3v) is 4.75. The molecular weight excluding hydrogens is 428 g/mol. The van der Waals surface area contributed by atoms with Gasteiger partial charge >= 0.3 is 0 Å². The van der Waals surface area contributed by atoms with Crippen LogP contribution < -0.4 is 10.1 Å². The van der Waals surface area contributed by atoms with Crippen molar-refractivity contribution < 1.29 is 33.3 Å². The number of carbonyl (C=O) groups is 3. The highest BCUT2D eigenvalue weighted by molar-refractivity contribution is 6.21. The molecule has 0 spiro atoms. The predicted molar refractivity (Wildman–Crippen MR) is 121 cm³/mol. The second kappa shape index (κ2) is 12.7. The number of hydrogen-bond donors (Lipinski definition) is 1. The average molecular weight is 456 g/mol. The van der Waals surface area contributed by atoms with Crippen LogP contribution in [0.25, 0.3) is 0 Å². The van der Waals surface area contributed by atoms with Crippen LogP contribution in [-0.4, -0.2) is 75.4 Å². The molecule has 3 rings (SSSR count). The predicted octanol–water partition coefficient (Wildman–Crippen LogP) is 2.37. The molecule has 0 saturated heterocycles. The van der Waals surface area contributed by atoms with Gasteiger partial charge in [-0.3, -0.25) is 19.3 Å². The lowest BCUT2D eigenvalue weighted by atomic mass is 10.1. The summed E-state index contributed by atoms with van der Waals surface area (Å²) < 4.78 is 21.9. The Bertz CT molecular complexity index is 911. The van der Waals surface area contributed by atoms with Crippen LogP contribution in [0.15, 0.2) is 48.5 Å². The zero-order chi connectivity index (χ0) is 23.5. The molecule has 176 valence electrons. The summed E-state index contributed by atoms with van der Waals surface area (Å²) >= 11 is 0. The highest BCUT2D eigenvalue weighted by atomic mass is 16.6. The molecule has 0 atom stereocenters. The maximum absolute atomic E-state index is 12.2. The van der Waals surface area contributed by atoms with Crippen LogP contribution in [0.1, 0.15) is 27.6 Å². The molecule has 0 aliphatic carbocycles. The van der Waals surface area contributed by atoms with Gasteiger partial charge in [0.05, 0.1) is 57.3 Å². The number of anilines is 1. The number of nitrogens with one attached hydrogen (secondary N) is 1. The highest BCUT2D eigenvalue weighted by Gasteiger charge is 2.34. The van der Waals surface area contributed by atoms with Crippen molar-refractivity contribution in [3.05, 3.63) is 59.7 Å². The molecule has 33 heavy (non-hydrogen) atoms. The largest absolute Gasteiger partial charge is 0.491 e. The van der Waals surface area contributed by atoms with E-state index in [1.165, 1.54) is 11.8 Å². The van der Waals surface area contributed by atoms with E-state index in [4.69, 9.17) is 18.9 Å². The lowest BCUT2D eigenvalue weighted by Gasteiger charge is -2.13. The highest BCUT2D eigenvalue weighted by Crippen LogP contribution is 2.21. The second-order valence-corrected chi connectivity index (χ2v) is 7.20. The van der Waals surface area contributed by atoms with Gasteiger partial charge in [0.25, 0.3) is 11.8 Å². The van der Waals surface area contributed by atoms with Gasteiger partial charge in [0.1, 0.15) is 12.4 Å². The Morgan fingerprint density at radius 1 is 0.758 bits per heavy atom. The Hall–Kier alpha value is -3.27. The summed E-state index contributed by atoms with van der Waals surface area (Å²) in [6.45, 7) is 4.37. The van der Waals surface area contributed by atoms with Gasteiger partial charge in [-0.15, -0.1) is 0 Å². The fourth-order valence-electron chi connectivity index (χ4n) is 3.20. The van der Waals surface area contributed by atoms with E-state index < -0.39 is 0 Å². The molecular formula is C24H28N2O7. The van der Waals surface area contributed by atoms with Gasteiger partial charge in [-0.2, -0.15) is 0 Å². The monoisotopic (exact) mass is 456 g/mol. The molecule has 1 aliphatic heterocycles. The molecule has 9 nitrogen and oxygen atoms in total. The first-order chi connectivity index (χ1) is 16.1. The van der Waals surface area contributed by atoms with Crippen LogP contribution in [0.4, 0.5) is 5.69 Å². The normalized spacial score (nSPS) is 12.7. The van der Waals surface area contributed by atoms with Gasteiger partial charge in [-0.05, 0) is 36.4 Å². The smallest absolute Gasteiger partial charge is 0.261 e. The fraction of sp³-hybridized carbons (Fsp3) is 0.375. The summed E-state index contributed by atoms with van der Waals surface area (Å²) in [7, 11) is 0. The van der Waals surface area contributed by atoms with E-state index in [2.05, 4.69) is 5.32 Å². The Balaban J connectivity index is 1.15. The minimum absolute atomic E-state index is 0.118. The minimum Gasteiger partial charge on any atom is -0.491 e. The van der Waals surface area contributed by atoms with Crippen LogP contribution in [0, 0.1) is 0 Å². The van der Waals surface area contributed by atoms with Crippen LogP contribution in [0.3, 0.4) is 0 Å². The quantitative estimate of drug-likeness (QED) is 0.344. The first-order valence-electron chi connectivity index (χ1n) is 10.7. The van der Waals surface area contributed by atoms with E-state index in [9.17, 15) is 14.4 Å². The number of carbonyl (C=O) groups excluding carboxylic acids is 3. The number of benzene rings is 2. The molecule has 1 heterocycles. The standard InChI is InChI=1S/C24H28N2O7/c1-18(27)25-19-6-8-20(9-7-19)33-17-16-32-15-14-31-13-12-30-11-10-26-23(28)21-4-2-3-5-22(21)24(26)29/h2-9H,10-17H2,1H3,(H,25,27). The van der Waals surface area contributed by atoms with Crippen molar-refractivity contribution in [2.24, 2.45) is 0 Å². The minimum atomic E-state index is -0.279. The van der Waals surface area contributed by atoms with Crippen molar-refractivity contribution >= 4 is 23.4 Å². The molecule has 0 unspecified atom stereocenters. The third kappa shape index (κ3) is 7.38. The summed E-state index contributed by atoms with van der Waals surface area (Å²) in [5, 5.41) is 2.69. The molecule has 1 N–H and O–H groups in total. The summed E-state index contributed by atoms with van der Waals surface area (Å²) in [5.41, 5.74) is 1.60. The van der Waals surface area contributed by atoms with E-state index >= 15 is 0 Å². The molecule has 2 aromatic rings. The van der Waals surface area contributed by atoms with Crippen molar-refractivity contribution in [2.45, 2.75) is 6.92 Å². The summed E-state index contributed by atoms with van der Waals surface area (Å²) in [6.07, 6.45) is 0. The molecule has 0 saturated carbocycles. The van der Waals surface area contributed by atoms with Crippen LogP contribution in [-0.2, 0) is 19.0 Å². The number of ether oxygens (including phenoxy) is 4. The van der Waals surface area contributed by atoms with Crippen molar-refractivity contribution in [3.8, 4) is 5.75 Å². The molecule has 0 radical (unpaired) electrons. The van der Waals surface area contributed by atoms with Gasteiger partial charge in [0, 0.05) is 12.6 Å². The van der Waals surface area contributed by atoms with Gasteiger partial charge in [0.2, 0.25) is 5.91 Å². The number of imide groups is 1. The van der Waals surface area contributed by atoms with E-state index in [-0.39, 0.29) is 30.9 Å². The van der Waals surface area contributed by atoms with Gasteiger partial charge in [-0.25, -0.2) is 0 Å². The molecule has 0 fully saturated rings. The molecule has 9 heteroatoms. The van der Waals surface area contributed by atoms with E-state index in [0.717, 1.165) is 5.69 Å².